The number of aliphatic hydroxyl groups excluding tert-OH is 2. The van der Waals surface area contributed by atoms with Crippen LogP contribution in [0.5, 0.6) is 0 Å². The number of β-lactam (4-membered cyclic amide) rings is 1. The number of aromatic nitrogens is 4. The van der Waals surface area contributed by atoms with E-state index in [0.29, 0.717) is 5.56 Å². The van der Waals surface area contributed by atoms with Crippen molar-refractivity contribution in [2.75, 3.05) is 30.0 Å². The van der Waals surface area contributed by atoms with Gasteiger partial charge in [-0.25, -0.2) is 24.5 Å². The second kappa shape index (κ2) is 16.1. The van der Waals surface area contributed by atoms with Crippen molar-refractivity contribution < 1.29 is 56.6 Å². The van der Waals surface area contributed by atoms with Crippen LogP contribution in [0.1, 0.15) is 16.7 Å². The molecule has 0 radical (unpaired) electrons. The Labute approximate surface area is 325 Å². The molecule has 3 amide bonds. The second-order valence-electron chi connectivity index (χ2n) is 12.6. The van der Waals surface area contributed by atoms with Crippen LogP contribution in [0.4, 0.5) is 16.3 Å². The Kier molecular flexibility index (Phi) is 11.2. The highest BCUT2D eigenvalue weighted by molar-refractivity contribution is 8.00. The van der Waals surface area contributed by atoms with Crippen LogP contribution in [0, 0.1) is 0 Å². The highest BCUT2D eigenvalue weighted by atomic mass is 32.2. The van der Waals surface area contributed by atoms with Crippen LogP contribution in [0.2, 0.25) is 0 Å². The number of carbonyl (C=O) groups excluding carboxylic acids is 3. The van der Waals surface area contributed by atoms with E-state index in [2.05, 4.69) is 30.3 Å². The average Bonchev–Trinajstić information content (AvgIpc) is 3.91. The number of hydrogen-bond donors (Lipinski definition) is 7. The van der Waals surface area contributed by atoms with E-state index in [0.717, 1.165) is 9.78 Å². The summed E-state index contributed by atoms with van der Waals surface area (Å²) in [7, 11) is -4.36. The highest BCUT2D eigenvalue weighted by Crippen LogP contribution is 2.40. The summed E-state index contributed by atoms with van der Waals surface area (Å²) >= 11 is 2.65. The van der Waals surface area contributed by atoms with Gasteiger partial charge in [-0.3, -0.25) is 28.6 Å². The first-order valence-electron chi connectivity index (χ1n) is 16.6. The van der Waals surface area contributed by atoms with Crippen LogP contribution in [-0.4, -0.2) is 121 Å². The van der Waals surface area contributed by atoms with Crippen molar-refractivity contribution in [1.29, 1.82) is 0 Å². The van der Waals surface area contributed by atoms with Gasteiger partial charge in [-0.1, -0.05) is 18.2 Å². The molecule has 3 aliphatic heterocycles. The summed E-state index contributed by atoms with van der Waals surface area (Å²) in [6.45, 7) is -1.26. The van der Waals surface area contributed by atoms with Gasteiger partial charge in [-0.05, 0) is 29.1 Å². The molecule has 1 aromatic carbocycles. The van der Waals surface area contributed by atoms with Crippen molar-refractivity contribution in [2.24, 2.45) is 0 Å². The quantitative estimate of drug-likeness (QED) is 0.0801. The summed E-state index contributed by atoms with van der Waals surface area (Å²) in [5.74, 6) is -2.06. The van der Waals surface area contributed by atoms with Gasteiger partial charge < -0.3 is 35.8 Å². The first-order valence-corrected chi connectivity index (χ1v) is 20.0. The number of thiophene rings is 1. The summed E-state index contributed by atoms with van der Waals surface area (Å²) in [6, 6.07) is 8.72. The van der Waals surface area contributed by atoms with Crippen molar-refractivity contribution in [3.63, 3.8) is 0 Å². The molecule has 6 heterocycles. The first-order chi connectivity index (χ1) is 26.8. The maximum absolute atomic E-state index is 12.9. The molecule has 3 aromatic heterocycles. The molecule has 3 aliphatic rings. The Balaban J connectivity index is 0.862. The number of fused-ring (bicyclic) bond motifs is 2. The maximum atomic E-state index is 12.9. The van der Waals surface area contributed by atoms with Gasteiger partial charge in [0.05, 0.1) is 19.4 Å². The minimum atomic E-state index is -4.36. The number of hydrogen-bond acceptors (Lipinski definition) is 17. The Morgan fingerprint density at radius 2 is 1.88 bits per heavy atom. The average molecular weight is 832 g/mol. The third kappa shape index (κ3) is 8.17. The number of carboxylic acids is 1. The number of ether oxygens (including phenoxy) is 2. The van der Waals surface area contributed by atoms with Gasteiger partial charge in [0.2, 0.25) is 5.91 Å². The van der Waals surface area contributed by atoms with Crippen LogP contribution in [0.3, 0.4) is 0 Å². The lowest BCUT2D eigenvalue weighted by molar-refractivity contribution is -0.150. The number of benzene rings is 1. The van der Waals surface area contributed by atoms with E-state index in [9.17, 15) is 42.9 Å². The fraction of sp³-hybridized carbons (Fsp3) is 0.344. The number of nitrogen functional groups attached to an aromatic ring is 1. The molecule has 7 rings (SSSR count). The highest BCUT2D eigenvalue weighted by Gasteiger charge is 2.54. The molecule has 296 valence electrons. The Hall–Kier alpha value is -5.21. The molecule has 2 saturated heterocycles. The molecule has 6 atom stereocenters. The zero-order valence-corrected chi connectivity index (χ0v) is 31.2. The summed E-state index contributed by atoms with van der Waals surface area (Å²) in [6.07, 6.45) is -3.70. The molecular formula is C32H33N9O12S3. The lowest BCUT2D eigenvalue weighted by Crippen LogP contribution is -2.70. The molecule has 24 heteroatoms. The van der Waals surface area contributed by atoms with Crippen LogP contribution in [0.25, 0.3) is 11.2 Å². The fourth-order valence-electron chi connectivity index (χ4n) is 6.13. The number of carbonyl (C=O) groups is 4. The molecule has 0 aliphatic carbocycles. The summed E-state index contributed by atoms with van der Waals surface area (Å²) in [5.41, 5.74) is 6.95. The van der Waals surface area contributed by atoms with E-state index < -0.39 is 77.4 Å². The lowest BCUT2D eigenvalue weighted by atomic mass is 10.0. The van der Waals surface area contributed by atoms with E-state index >= 15 is 0 Å². The van der Waals surface area contributed by atoms with Crippen LogP contribution < -0.4 is 21.1 Å². The fourth-order valence-corrected chi connectivity index (χ4v) is 8.90. The molecule has 0 saturated carbocycles. The topological polar surface area (TPSA) is 300 Å². The number of nitrogens with two attached hydrogens (primary N) is 1. The number of anilines is 2. The number of nitrogens with zero attached hydrogens (tertiary/aromatic N) is 5. The van der Waals surface area contributed by atoms with E-state index in [1.807, 2.05) is 11.4 Å². The summed E-state index contributed by atoms with van der Waals surface area (Å²) < 4.78 is 44.7. The van der Waals surface area contributed by atoms with Crippen LogP contribution in [0.15, 0.2) is 65.7 Å². The van der Waals surface area contributed by atoms with Gasteiger partial charge in [0.25, 0.3) is 5.91 Å². The SMILES string of the molecule is Nc1ncnc2c1ncn2[C@@H]1O[C@H](COS(=O)(=O)NCc2ccc(NC(=O)OCC3=C(C(=O)O)N4C(=O)[C@@H](NC(=O)Cc5cccs5)[C@H]4SC3)cc2)[C@@H](O)[C@H]1O. The molecule has 2 fully saturated rings. The Bertz CT molecular complexity index is 2290. The largest absolute Gasteiger partial charge is 0.477 e. The predicted molar refractivity (Wildman–Crippen MR) is 196 cm³/mol. The number of aliphatic carboxylic acids is 1. The molecular weight excluding hydrogens is 799 g/mol. The molecule has 0 unspecified atom stereocenters. The molecule has 4 aromatic rings. The molecule has 0 bridgehead atoms. The van der Waals surface area contributed by atoms with Gasteiger partial charge in [-0.2, -0.15) is 13.1 Å². The maximum Gasteiger partial charge on any atom is 0.411 e. The number of amides is 3. The van der Waals surface area contributed by atoms with Gasteiger partial charge >= 0.3 is 22.4 Å². The van der Waals surface area contributed by atoms with E-state index in [4.69, 9.17) is 19.4 Å². The number of carboxylic acid groups (broad SMARTS) is 1. The zero-order valence-electron chi connectivity index (χ0n) is 28.7. The van der Waals surface area contributed by atoms with Crippen LogP contribution in [-0.2, 0) is 51.3 Å². The van der Waals surface area contributed by atoms with Crippen LogP contribution >= 0.6 is 23.1 Å². The third-order valence-corrected chi connectivity index (χ3v) is 12.1. The van der Waals surface area contributed by atoms with Crippen molar-refractivity contribution in [3.05, 3.63) is 76.1 Å². The molecule has 21 nitrogen and oxygen atoms in total. The molecule has 8 N–H and O–H groups in total. The summed E-state index contributed by atoms with van der Waals surface area (Å²) in [4.78, 5) is 64.0. The van der Waals surface area contributed by atoms with Gasteiger partial charge in [-0.15, -0.1) is 23.1 Å². The lowest BCUT2D eigenvalue weighted by Gasteiger charge is -2.49. The Morgan fingerprint density at radius 3 is 2.61 bits per heavy atom. The van der Waals surface area contributed by atoms with Crippen molar-refractivity contribution in [3.8, 4) is 0 Å². The number of nitrogens with one attached hydrogen (secondary N) is 3. The van der Waals surface area contributed by atoms with Crippen molar-refractivity contribution >= 4 is 79.9 Å². The number of imidazole rings is 1. The second-order valence-corrected chi connectivity index (χ2v) is 16.1. The van der Waals surface area contributed by atoms with E-state index in [-0.39, 0.29) is 58.6 Å². The number of aliphatic hydroxyl groups is 2. The zero-order chi connectivity index (χ0) is 39.7. The van der Waals surface area contributed by atoms with Gasteiger partial charge in [0.15, 0.2) is 17.7 Å². The van der Waals surface area contributed by atoms with Gasteiger partial charge in [0.1, 0.15) is 53.9 Å². The van der Waals surface area contributed by atoms with E-state index in [1.165, 1.54) is 64.6 Å². The molecule has 0 spiro atoms. The smallest absolute Gasteiger partial charge is 0.411 e. The standard InChI is InChI=1S/C32H33N9O12S3/c33-26-21-27(35-13-34-26)40(14-36-21)29-25(44)24(43)19(53-29)11-52-56(49,50)37-9-15-3-5-17(6-4-15)38-32(48)51-10-16-12-55-30-22(28(45)41(30)23(16)31(46)47)39-20(42)8-18-2-1-7-54-18/h1-7,13-14,19,22,24-25,29-30,37,43-44H,8-12H2,(H,38,48)(H,39,42)(H,46,47)(H2,33,34,35)/t19-,22-,24-,25-,29-,30-/m1/s1. The molecule has 56 heavy (non-hydrogen) atoms. The monoisotopic (exact) mass is 831 g/mol. The Morgan fingerprint density at radius 1 is 1.09 bits per heavy atom. The first kappa shape index (κ1) is 39.0. The normalized spacial score (nSPS) is 23.5. The summed E-state index contributed by atoms with van der Waals surface area (Å²) in [5, 5.41) is 37.4. The van der Waals surface area contributed by atoms with Crippen molar-refractivity contribution in [2.45, 2.75) is 48.9 Å². The minimum absolute atomic E-state index is 0.1000. The predicted octanol–water partition coefficient (Wildman–Crippen LogP) is -0.330. The number of thioether (sulfide) groups is 1. The van der Waals surface area contributed by atoms with Crippen molar-refractivity contribution in [1.82, 2.24) is 34.5 Å². The minimum Gasteiger partial charge on any atom is -0.477 e. The van der Waals surface area contributed by atoms with E-state index in [1.54, 1.807) is 6.07 Å². The third-order valence-electron chi connectivity index (χ3n) is 8.90. The number of rotatable bonds is 14. The van der Waals surface area contributed by atoms with Gasteiger partial charge in [0, 0.05) is 28.4 Å².